The lowest BCUT2D eigenvalue weighted by molar-refractivity contribution is -0.140. The number of carbonyl (C=O) groups is 1. The number of thioether (sulfide) groups is 1. The summed E-state index contributed by atoms with van der Waals surface area (Å²) in [5.74, 6) is 0.253. The second-order valence-corrected chi connectivity index (χ2v) is 8.55. The molecule has 0 bridgehead atoms. The van der Waals surface area contributed by atoms with Gasteiger partial charge in [-0.1, -0.05) is 23.4 Å². The predicted molar refractivity (Wildman–Crippen MR) is 109 cm³/mol. The fourth-order valence-corrected chi connectivity index (χ4v) is 4.51. The highest BCUT2D eigenvalue weighted by atomic mass is 35.5. The molecule has 0 saturated carbocycles. The zero-order chi connectivity index (χ0) is 19.7. The average Bonchev–Trinajstić information content (AvgIpc) is 2.58. The van der Waals surface area contributed by atoms with Gasteiger partial charge >= 0.3 is 0 Å². The quantitative estimate of drug-likeness (QED) is 0.572. The van der Waals surface area contributed by atoms with E-state index in [0.29, 0.717) is 34.2 Å². The molecule has 0 spiro atoms. The summed E-state index contributed by atoms with van der Waals surface area (Å²) in [6.45, 7) is 8.97. The van der Waals surface area contributed by atoms with Crippen molar-refractivity contribution in [2.24, 2.45) is 0 Å². The van der Waals surface area contributed by atoms with E-state index in [0.717, 1.165) is 0 Å². The number of carbonyl (C=O) groups excluding carboxylic acids is 1. The summed E-state index contributed by atoms with van der Waals surface area (Å²) in [4.78, 5) is 32.0. The second kappa shape index (κ2) is 8.20. The molecule has 0 radical (unpaired) electrons. The number of hydrogen-bond acceptors (Lipinski definition) is 5. The topological polar surface area (TPSA) is 64.4 Å². The zero-order valence-electron chi connectivity index (χ0n) is 15.9. The number of morpholine rings is 1. The van der Waals surface area contributed by atoms with Crippen molar-refractivity contribution in [1.82, 2.24) is 14.5 Å². The Bertz CT molecular complexity index is 905. The maximum Gasteiger partial charge on any atom is 0.262 e. The Morgan fingerprint density at radius 2 is 2.00 bits per heavy atom. The Morgan fingerprint density at radius 1 is 1.33 bits per heavy atom. The first-order valence-electron chi connectivity index (χ1n) is 9.04. The Hall–Kier alpha value is -1.57. The van der Waals surface area contributed by atoms with Gasteiger partial charge < -0.3 is 9.64 Å². The smallest absolute Gasteiger partial charge is 0.262 e. The van der Waals surface area contributed by atoms with Crippen LogP contribution in [0.15, 0.2) is 28.2 Å². The molecule has 8 heteroatoms. The van der Waals surface area contributed by atoms with Crippen LogP contribution in [-0.2, 0) is 9.53 Å². The highest BCUT2D eigenvalue weighted by molar-refractivity contribution is 7.99. The van der Waals surface area contributed by atoms with Crippen molar-refractivity contribution in [1.29, 1.82) is 0 Å². The van der Waals surface area contributed by atoms with E-state index in [1.807, 2.05) is 32.6 Å². The molecule has 3 rings (SSSR count). The van der Waals surface area contributed by atoms with Crippen molar-refractivity contribution in [2.75, 3.05) is 18.8 Å². The summed E-state index contributed by atoms with van der Waals surface area (Å²) in [7, 11) is 0. The predicted octanol–water partition coefficient (Wildman–Crippen LogP) is 3.36. The summed E-state index contributed by atoms with van der Waals surface area (Å²) in [5, 5.41) is 1.59. The first kappa shape index (κ1) is 20.2. The summed E-state index contributed by atoms with van der Waals surface area (Å²) in [6, 6.07) is 5.00. The van der Waals surface area contributed by atoms with Crippen LogP contribution in [0.4, 0.5) is 0 Å². The Balaban J connectivity index is 1.86. The third-order valence-corrected chi connectivity index (χ3v) is 5.62. The van der Waals surface area contributed by atoms with Crippen molar-refractivity contribution < 1.29 is 9.53 Å². The number of benzene rings is 1. The van der Waals surface area contributed by atoms with Crippen LogP contribution < -0.4 is 5.56 Å². The van der Waals surface area contributed by atoms with Crippen molar-refractivity contribution in [3.8, 4) is 0 Å². The molecule has 1 saturated heterocycles. The minimum absolute atomic E-state index is 0.0254. The van der Waals surface area contributed by atoms with E-state index in [2.05, 4.69) is 4.98 Å². The number of amides is 1. The third-order valence-electron chi connectivity index (χ3n) is 4.44. The monoisotopic (exact) mass is 409 g/mol. The van der Waals surface area contributed by atoms with Crippen LogP contribution in [0.5, 0.6) is 0 Å². The average molecular weight is 410 g/mol. The van der Waals surface area contributed by atoms with E-state index in [4.69, 9.17) is 16.3 Å². The van der Waals surface area contributed by atoms with Gasteiger partial charge in [-0.2, -0.15) is 0 Å². The van der Waals surface area contributed by atoms with Crippen LogP contribution >= 0.6 is 23.4 Å². The van der Waals surface area contributed by atoms with E-state index in [9.17, 15) is 9.59 Å². The van der Waals surface area contributed by atoms with Gasteiger partial charge in [0.15, 0.2) is 5.16 Å². The molecule has 27 heavy (non-hydrogen) atoms. The lowest BCUT2D eigenvalue weighted by Gasteiger charge is -2.35. The number of hydrogen-bond donors (Lipinski definition) is 0. The Kier molecular flexibility index (Phi) is 6.13. The van der Waals surface area contributed by atoms with Gasteiger partial charge in [-0.15, -0.1) is 0 Å². The largest absolute Gasteiger partial charge is 0.372 e. The van der Waals surface area contributed by atoms with E-state index in [-0.39, 0.29) is 35.5 Å². The molecule has 1 amide bonds. The maximum atomic E-state index is 12.9. The molecule has 0 N–H and O–H groups in total. The van der Waals surface area contributed by atoms with Gasteiger partial charge in [0.1, 0.15) is 0 Å². The molecule has 1 aliphatic heterocycles. The minimum Gasteiger partial charge on any atom is -0.372 e. The Morgan fingerprint density at radius 3 is 2.63 bits per heavy atom. The molecule has 146 valence electrons. The molecule has 0 unspecified atom stereocenters. The SMILES string of the molecule is CC(C)n1c(SCC(=O)N2C[C@@H](C)O[C@H](C)C2)nc2cc(Cl)ccc2c1=O. The van der Waals surface area contributed by atoms with Crippen molar-refractivity contribution >= 4 is 40.2 Å². The van der Waals surface area contributed by atoms with Crippen molar-refractivity contribution in [3.05, 3.63) is 33.6 Å². The number of rotatable bonds is 4. The van der Waals surface area contributed by atoms with E-state index < -0.39 is 0 Å². The molecule has 2 atom stereocenters. The number of nitrogens with zero attached hydrogens (tertiary/aromatic N) is 3. The molecule has 2 heterocycles. The first-order valence-corrected chi connectivity index (χ1v) is 10.4. The van der Waals surface area contributed by atoms with Crippen molar-refractivity contribution in [2.45, 2.75) is 51.1 Å². The highest BCUT2D eigenvalue weighted by Gasteiger charge is 2.26. The minimum atomic E-state index is -0.116. The summed E-state index contributed by atoms with van der Waals surface area (Å²) in [6.07, 6.45) is 0.0509. The molecule has 1 fully saturated rings. The van der Waals surface area contributed by atoms with Crippen LogP contribution in [-0.4, -0.2) is 51.4 Å². The van der Waals surface area contributed by atoms with Gasteiger partial charge in [0.05, 0.1) is 28.9 Å². The van der Waals surface area contributed by atoms with Gasteiger partial charge in [0.2, 0.25) is 5.91 Å². The summed E-state index contributed by atoms with van der Waals surface area (Å²) < 4.78 is 7.32. The van der Waals surface area contributed by atoms with Gasteiger partial charge in [0.25, 0.3) is 5.56 Å². The Labute approximate surface area is 167 Å². The van der Waals surface area contributed by atoms with Gasteiger partial charge in [-0.25, -0.2) is 4.98 Å². The van der Waals surface area contributed by atoms with Crippen LogP contribution in [0.3, 0.4) is 0 Å². The second-order valence-electron chi connectivity index (χ2n) is 7.17. The van der Waals surface area contributed by atoms with Gasteiger partial charge in [-0.05, 0) is 45.9 Å². The van der Waals surface area contributed by atoms with Crippen molar-refractivity contribution in [3.63, 3.8) is 0 Å². The van der Waals surface area contributed by atoms with Gasteiger partial charge in [0, 0.05) is 24.2 Å². The zero-order valence-corrected chi connectivity index (χ0v) is 17.5. The van der Waals surface area contributed by atoms with Crippen LogP contribution in [0.25, 0.3) is 10.9 Å². The number of ether oxygens (including phenoxy) is 1. The molecule has 1 aliphatic rings. The standard InChI is InChI=1S/C19H24ClN3O3S/c1-11(2)23-18(25)15-6-5-14(20)7-16(15)21-19(23)27-10-17(24)22-8-12(3)26-13(4)9-22/h5-7,11-13H,8-10H2,1-4H3/t12-,13-/m1/s1. The number of halogens is 1. The fraction of sp³-hybridized carbons (Fsp3) is 0.526. The molecule has 1 aromatic heterocycles. The van der Waals surface area contributed by atoms with Crippen LogP contribution in [0.2, 0.25) is 5.02 Å². The third kappa shape index (κ3) is 4.47. The molecule has 1 aromatic carbocycles. The normalized spacial score (nSPS) is 20.4. The maximum absolute atomic E-state index is 12.9. The van der Waals surface area contributed by atoms with Crippen LogP contribution in [0.1, 0.15) is 33.7 Å². The van der Waals surface area contributed by atoms with E-state index in [1.54, 1.807) is 22.8 Å². The number of aromatic nitrogens is 2. The van der Waals surface area contributed by atoms with Crippen LogP contribution in [0, 0.1) is 0 Å². The highest BCUT2D eigenvalue weighted by Crippen LogP contribution is 2.23. The van der Waals surface area contributed by atoms with Gasteiger partial charge in [-0.3, -0.25) is 14.2 Å². The van der Waals surface area contributed by atoms with E-state index in [1.165, 1.54) is 11.8 Å². The molecule has 2 aromatic rings. The first-order chi connectivity index (χ1) is 12.8. The molecule has 0 aliphatic carbocycles. The fourth-order valence-electron chi connectivity index (χ4n) is 3.31. The van der Waals surface area contributed by atoms with E-state index >= 15 is 0 Å². The summed E-state index contributed by atoms with van der Waals surface area (Å²) in [5.41, 5.74) is 0.434. The lowest BCUT2D eigenvalue weighted by atomic mass is 10.2. The lowest BCUT2D eigenvalue weighted by Crippen LogP contribution is -2.48. The number of fused-ring (bicyclic) bond motifs is 1. The summed E-state index contributed by atoms with van der Waals surface area (Å²) >= 11 is 7.34. The molecule has 6 nitrogen and oxygen atoms in total. The molecular formula is C19H24ClN3O3S. The molecular weight excluding hydrogens is 386 g/mol.